The average molecular weight is 246 g/mol. The Morgan fingerprint density at radius 2 is 2.12 bits per heavy atom. The highest BCUT2D eigenvalue weighted by Crippen LogP contribution is 1.98. The Labute approximate surface area is 104 Å². The lowest BCUT2D eigenvalue weighted by molar-refractivity contribution is 0.0149. The van der Waals surface area contributed by atoms with Gasteiger partial charge in [-0.2, -0.15) is 0 Å². The quantitative estimate of drug-likeness (QED) is 0.547. The molecule has 0 saturated carbocycles. The second-order valence-electron chi connectivity index (χ2n) is 4.47. The number of aliphatic hydroxyl groups is 1. The molecule has 0 spiro atoms. The molecule has 1 saturated heterocycles. The zero-order chi connectivity index (χ0) is 12.3. The third kappa shape index (κ3) is 7.68. The predicted octanol–water partition coefficient (Wildman–Crippen LogP) is -0.304. The van der Waals surface area contributed by atoms with Crippen LogP contribution in [0.3, 0.4) is 0 Å². The van der Waals surface area contributed by atoms with Gasteiger partial charge in [0.2, 0.25) is 0 Å². The van der Waals surface area contributed by atoms with Gasteiger partial charge in [-0.3, -0.25) is 4.90 Å². The molecule has 0 aromatic heterocycles. The van der Waals surface area contributed by atoms with Gasteiger partial charge >= 0.3 is 0 Å². The van der Waals surface area contributed by atoms with Crippen LogP contribution in [0.2, 0.25) is 0 Å². The van der Waals surface area contributed by atoms with Crippen LogP contribution in [-0.4, -0.2) is 75.8 Å². The molecule has 1 unspecified atom stereocenters. The van der Waals surface area contributed by atoms with E-state index in [0.717, 1.165) is 58.8 Å². The summed E-state index contributed by atoms with van der Waals surface area (Å²) in [4.78, 5) is 2.25. The lowest BCUT2D eigenvalue weighted by Gasteiger charge is -2.28. The molecule has 1 aliphatic rings. The summed E-state index contributed by atoms with van der Waals surface area (Å²) in [6.07, 6.45) is 1.89. The molecule has 1 aliphatic heterocycles. The van der Waals surface area contributed by atoms with Crippen molar-refractivity contribution < 1.29 is 14.6 Å². The molecule has 0 radical (unpaired) electrons. The number of aliphatic hydroxyl groups excluding tert-OH is 1. The van der Waals surface area contributed by atoms with E-state index >= 15 is 0 Å². The summed E-state index contributed by atoms with van der Waals surface area (Å²) in [6.45, 7) is 6.63. The Balaban J connectivity index is 1.91. The van der Waals surface area contributed by atoms with Crippen molar-refractivity contribution >= 4 is 0 Å². The summed E-state index contributed by atoms with van der Waals surface area (Å²) >= 11 is 0. The predicted molar refractivity (Wildman–Crippen MR) is 67.2 cm³/mol. The van der Waals surface area contributed by atoms with Gasteiger partial charge in [0.15, 0.2) is 0 Å². The largest absolute Gasteiger partial charge is 0.390 e. The topological polar surface area (TPSA) is 54.0 Å². The first-order valence-electron chi connectivity index (χ1n) is 6.50. The van der Waals surface area contributed by atoms with Crippen LogP contribution < -0.4 is 5.32 Å². The average Bonchev–Trinajstić information content (AvgIpc) is 2.35. The second kappa shape index (κ2) is 9.79. The lowest BCUT2D eigenvalue weighted by atomic mass is 10.2. The SMILES string of the molecule is COCCCCNCC(O)CN1CCOCC1. The highest BCUT2D eigenvalue weighted by Gasteiger charge is 2.14. The number of hydrogen-bond acceptors (Lipinski definition) is 5. The Bertz CT molecular complexity index is 175. The Kier molecular flexibility index (Phi) is 8.56. The molecule has 1 fully saturated rings. The maximum atomic E-state index is 9.83. The molecule has 0 aromatic rings. The number of hydrogen-bond donors (Lipinski definition) is 2. The van der Waals surface area contributed by atoms with E-state index in [9.17, 15) is 5.11 Å². The van der Waals surface area contributed by atoms with Crippen molar-refractivity contribution in [3.05, 3.63) is 0 Å². The van der Waals surface area contributed by atoms with E-state index in [4.69, 9.17) is 9.47 Å². The molecule has 1 rings (SSSR count). The van der Waals surface area contributed by atoms with Crippen LogP contribution in [0.25, 0.3) is 0 Å². The molecular weight excluding hydrogens is 220 g/mol. The molecule has 0 bridgehead atoms. The minimum Gasteiger partial charge on any atom is -0.390 e. The number of ether oxygens (including phenoxy) is 2. The van der Waals surface area contributed by atoms with Crippen molar-refractivity contribution in [1.82, 2.24) is 10.2 Å². The number of nitrogens with zero attached hydrogens (tertiary/aromatic N) is 1. The number of rotatable bonds is 9. The molecule has 0 aromatic carbocycles. The van der Waals surface area contributed by atoms with Crippen LogP contribution in [0.15, 0.2) is 0 Å². The van der Waals surface area contributed by atoms with Crippen LogP contribution in [-0.2, 0) is 9.47 Å². The molecule has 17 heavy (non-hydrogen) atoms. The molecule has 1 heterocycles. The summed E-state index contributed by atoms with van der Waals surface area (Å²) in [5.41, 5.74) is 0. The van der Waals surface area contributed by atoms with E-state index < -0.39 is 0 Å². The fourth-order valence-corrected chi connectivity index (χ4v) is 1.91. The second-order valence-corrected chi connectivity index (χ2v) is 4.47. The summed E-state index contributed by atoms with van der Waals surface area (Å²) in [6, 6.07) is 0. The normalized spacial score (nSPS) is 19.4. The first-order chi connectivity index (χ1) is 8.33. The Hall–Kier alpha value is -0.200. The summed E-state index contributed by atoms with van der Waals surface area (Å²) < 4.78 is 10.2. The highest BCUT2D eigenvalue weighted by molar-refractivity contribution is 4.69. The van der Waals surface area contributed by atoms with E-state index in [1.807, 2.05) is 0 Å². The minimum absolute atomic E-state index is 0.282. The van der Waals surface area contributed by atoms with E-state index in [1.54, 1.807) is 7.11 Å². The van der Waals surface area contributed by atoms with Crippen LogP contribution >= 0.6 is 0 Å². The third-order valence-corrected chi connectivity index (χ3v) is 2.90. The fourth-order valence-electron chi connectivity index (χ4n) is 1.91. The van der Waals surface area contributed by atoms with E-state index in [-0.39, 0.29) is 6.10 Å². The molecule has 1 atom stereocenters. The standard InChI is InChI=1S/C12H26N2O3/c1-16-7-3-2-4-13-10-12(15)11-14-5-8-17-9-6-14/h12-13,15H,2-11H2,1H3. The van der Waals surface area contributed by atoms with Crippen LogP contribution in [0.1, 0.15) is 12.8 Å². The van der Waals surface area contributed by atoms with Crippen molar-refractivity contribution in [2.45, 2.75) is 18.9 Å². The monoisotopic (exact) mass is 246 g/mol. The molecule has 5 nitrogen and oxygen atoms in total. The first kappa shape index (κ1) is 14.9. The van der Waals surface area contributed by atoms with Gasteiger partial charge < -0.3 is 19.9 Å². The fraction of sp³-hybridized carbons (Fsp3) is 1.00. The Morgan fingerprint density at radius 3 is 2.82 bits per heavy atom. The molecule has 0 amide bonds. The Morgan fingerprint density at radius 1 is 1.35 bits per heavy atom. The van der Waals surface area contributed by atoms with E-state index in [0.29, 0.717) is 6.54 Å². The van der Waals surface area contributed by atoms with Gasteiger partial charge in [-0.1, -0.05) is 0 Å². The van der Waals surface area contributed by atoms with Crippen molar-refractivity contribution in [3.63, 3.8) is 0 Å². The van der Waals surface area contributed by atoms with Crippen molar-refractivity contribution in [2.24, 2.45) is 0 Å². The number of methoxy groups -OCH3 is 1. The minimum atomic E-state index is -0.282. The zero-order valence-corrected chi connectivity index (χ0v) is 10.9. The van der Waals surface area contributed by atoms with Crippen molar-refractivity contribution in [2.75, 3.05) is 59.7 Å². The van der Waals surface area contributed by atoms with Gasteiger partial charge in [-0.05, 0) is 19.4 Å². The molecular formula is C12H26N2O3. The van der Waals surface area contributed by atoms with Crippen molar-refractivity contribution in [1.29, 1.82) is 0 Å². The van der Waals surface area contributed by atoms with Gasteiger partial charge in [0.05, 0.1) is 19.3 Å². The molecule has 5 heteroatoms. The van der Waals surface area contributed by atoms with Gasteiger partial charge in [0.25, 0.3) is 0 Å². The van der Waals surface area contributed by atoms with E-state index in [2.05, 4.69) is 10.2 Å². The molecule has 2 N–H and O–H groups in total. The number of morpholine rings is 1. The van der Waals surface area contributed by atoms with Gasteiger partial charge in [0.1, 0.15) is 0 Å². The maximum absolute atomic E-state index is 9.83. The summed E-state index contributed by atoms with van der Waals surface area (Å²) in [5.74, 6) is 0. The highest BCUT2D eigenvalue weighted by atomic mass is 16.5. The van der Waals surface area contributed by atoms with Gasteiger partial charge in [0, 0.05) is 39.9 Å². The van der Waals surface area contributed by atoms with Crippen molar-refractivity contribution in [3.8, 4) is 0 Å². The van der Waals surface area contributed by atoms with E-state index in [1.165, 1.54) is 0 Å². The summed E-state index contributed by atoms with van der Waals surface area (Å²) in [5, 5.41) is 13.1. The zero-order valence-electron chi connectivity index (χ0n) is 10.9. The molecule has 0 aliphatic carbocycles. The van der Waals surface area contributed by atoms with Gasteiger partial charge in [-0.25, -0.2) is 0 Å². The van der Waals surface area contributed by atoms with Gasteiger partial charge in [-0.15, -0.1) is 0 Å². The smallest absolute Gasteiger partial charge is 0.0791 e. The lowest BCUT2D eigenvalue weighted by Crippen LogP contribution is -2.43. The third-order valence-electron chi connectivity index (χ3n) is 2.90. The van der Waals surface area contributed by atoms with Crippen LogP contribution in [0.4, 0.5) is 0 Å². The van der Waals surface area contributed by atoms with Crippen LogP contribution in [0, 0.1) is 0 Å². The van der Waals surface area contributed by atoms with Crippen LogP contribution in [0.5, 0.6) is 0 Å². The number of nitrogens with one attached hydrogen (secondary N) is 1. The number of unbranched alkanes of at least 4 members (excludes halogenated alkanes) is 1. The maximum Gasteiger partial charge on any atom is 0.0791 e. The molecule has 102 valence electrons. The first-order valence-corrected chi connectivity index (χ1v) is 6.50. The summed E-state index contributed by atoms with van der Waals surface area (Å²) in [7, 11) is 1.72. The number of β-amino-alcohol motifs (C(OH)–C–C–N with tert-alkyl or cyclic N) is 1.